The van der Waals surface area contributed by atoms with E-state index in [4.69, 9.17) is 28.9 Å². The molecule has 0 saturated carbocycles. The van der Waals surface area contributed by atoms with Crippen LogP contribution in [0.4, 0.5) is 4.39 Å². The summed E-state index contributed by atoms with van der Waals surface area (Å²) < 4.78 is 13.5. The third-order valence-electron chi connectivity index (χ3n) is 2.41. The summed E-state index contributed by atoms with van der Waals surface area (Å²) in [4.78, 5) is 0. The minimum absolute atomic E-state index is 0. The van der Waals surface area contributed by atoms with Crippen LogP contribution >= 0.6 is 35.6 Å². The highest BCUT2D eigenvalue weighted by Crippen LogP contribution is 2.33. The highest BCUT2D eigenvalue weighted by molar-refractivity contribution is 6.42. The molecule has 0 aliphatic heterocycles. The van der Waals surface area contributed by atoms with Crippen molar-refractivity contribution in [3.8, 4) is 0 Å². The van der Waals surface area contributed by atoms with E-state index in [9.17, 15) is 9.50 Å². The monoisotopic (exact) mass is 301 g/mol. The maximum atomic E-state index is 13.5. The van der Waals surface area contributed by atoms with Crippen molar-refractivity contribution < 1.29 is 9.50 Å². The van der Waals surface area contributed by atoms with Crippen LogP contribution < -0.4 is 5.73 Å². The predicted molar refractivity (Wildman–Crippen MR) is 71.5 cm³/mol. The van der Waals surface area contributed by atoms with Crippen LogP contribution in [0.25, 0.3) is 0 Å². The molecule has 6 heteroatoms. The first-order chi connectivity index (χ1) is 7.49. The molecular formula is C11H15Cl3FNO. The average Bonchev–Trinajstić information content (AvgIpc) is 2.24. The highest BCUT2D eigenvalue weighted by atomic mass is 35.5. The van der Waals surface area contributed by atoms with Crippen molar-refractivity contribution in [2.24, 2.45) is 5.73 Å². The van der Waals surface area contributed by atoms with Gasteiger partial charge in [0.1, 0.15) is 5.82 Å². The Morgan fingerprint density at radius 2 is 2.00 bits per heavy atom. The zero-order valence-electron chi connectivity index (χ0n) is 9.29. The first-order valence-electron chi connectivity index (χ1n) is 5.06. The van der Waals surface area contributed by atoms with Crippen LogP contribution in [-0.4, -0.2) is 11.2 Å². The van der Waals surface area contributed by atoms with Crippen molar-refractivity contribution in [1.29, 1.82) is 0 Å². The van der Waals surface area contributed by atoms with Gasteiger partial charge in [0, 0.05) is 5.56 Å². The molecule has 1 aromatic rings. The summed E-state index contributed by atoms with van der Waals surface area (Å²) in [5.41, 5.74) is 5.84. The SMILES string of the molecule is CCC[C@@H](O)[C@@H](N)c1c(F)ccc(Cl)c1Cl.Cl. The number of hydrogen-bond donors (Lipinski definition) is 2. The molecule has 2 atom stereocenters. The van der Waals surface area contributed by atoms with E-state index in [0.29, 0.717) is 6.42 Å². The predicted octanol–water partition coefficient (Wildman–Crippen LogP) is 3.72. The van der Waals surface area contributed by atoms with Crippen molar-refractivity contribution in [1.82, 2.24) is 0 Å². The van der Waals surface area contributed by atoms with Crippen molar-refractivity contribution in [2.75, 3.05) is 0 Å². The molecule has 1 aromatic carbocycles. The molecule has 0 unspecified atom stereocenters. The number of benzene rings is 1. The average molecular weight is 303 g/mol. The fourth-order valence-corrected chi connectivity index (χ4v) is 1.96. The first kappa shape index (κ1) is 16.9. The Kier molecular flexibility index (Phi) is 7.37. The van der Waals surface area contributed by atoms with Gasteiger partial charge in [-0.1, -0.05) is 36.5 Å². The van der Waals surface area contributed by atoms with E-state index in [0.717, 1.165) is 6.42 Å². The number of rotatable bonds is 4. The third kappa shape index (κ3) is 3.97. The maximum Gasteiger partial charge on any atom is 0.129 e. The maximum absolute atomic E-state index is 13.5. The molecule has 0 aliphatic rings. The summed E-state index contributed by atoms with van der Waals surface area (Å²) in [6, 6.07) is 1.70. The summed E-state index contributed by atoms with van der Waals surface area (Å²) in [6.07, 6.45) is 0.424. The lowest BCUT2D eigenvalue weighted by molar-refractivity contribution is 0.133. The van der Waals surface area contributed by atoms with Gasteiger partial charge >= 0.3 is 0 Å². The molecule has 1 rings (SSSR count). The zero-order valence-corrected chi connectivity index (χ0v) is 11.6. The van der Waals surface area contributed by atoms with E-state index in [2.05, 4.69) is 0 Å². The molecule has 0 heterocycles. The summed E-state index contributed by atoms with van der Waals surface area (Å²) in [6.45, 7) is 1.91. The summed E-state index contributed by atoms with van der Waals surface area (Å²) in [5, 5.41) is 10.0. The summed E-state index contributed by atoms with van der Waals surface area (Å²) in [7, 11) is 0. The van der Waals surface area contributed by atoms with E-state index < -0.39 is 18.0 Å². The van der Waals surface area contributed by atoms with Gasteiger partial charge in [-0.25, -0.2) is 4.39 Å². The Morgan fingerprint density at radius 1 is 1.41 bits per heavy atom. The van der Waals surface area contributed by atoms with Crippen LogP contribution in [0.5, 0.6) is 0 Å². The molecule has 3 N–H and O–H groups in total. The van der Waals surface area contributed by atoms with Gasteiger partial charge < -0.3 is 10.8 Å². The topological polar surface area (TPSA) is 46.2 Å². The number of halogens is 4. The van der Waals surface area contributed by atoms with E-state index in [-0.39, 0.29) is 28.0 Å². The van der Waals surface area contributed by atoms with Crippen LogP contribution in [0.2, 0.25) is 10.0 Å². The van der Waals surface area contributed by atoms with Crippen molar-refractivity contribution in [3.05, 3.63) is 33.6 Å². The van der Waals surface area contributed by atoms with E-state index >= 15 is 0 Å². The lowest BCUT2D eigenvalue weighted by Gasteiger charge is -2.20. The lowest BCUT2D eigenvalue weighted by Crippen LogP contribution is -2.27. The Bertz CT molecular complexity index is 376. The number of hydrogen-bond acceptors (Lipinski definition) is 2. The molecule has 17 heavy (non-hydrogen) atoms. The molecule has 0 aliphatic carbocycles. The summed E-state index contributed by atoms with van der Waals surface area (Å²) >= 11 is 11.7. The van der Waals surface area contributed by atoms with Gasteiger partial charge in [0.05, 0.1) is 22.2 Å². The van der Waals surface area contributed by atoms with E-state index in [1.165, 1.54) is 12.1 Å². The molecule has 0 bridgehead atoms. The second-order valence-corrected chi connectivity index (χ2v) is 4.42. The van der Waals surface area contributed by atoms with Gasteiger partial charge in [-0.15, -0.1) is 12.4 Å². The van der Waals surface area contributed by atoms with Crippen molar-refractivity contribution in [3.63, 3.8) is 0 Å². The van der Waals surface area contributed by atoms with Crippen LogP contribution in [-0.2, 0) is 0 Å². The molecule has 0 saturated heterocycles. The molecule has 0 radical (unpaired) electrons. The largest absolute Gasteiger partial charge is 0.391 e. The smallest absolute Gasteiger partial charge is 0.129 e. The lowest BCUT2D eigenvalue weighted by atomic mass is 9.98. The van der Waals surface area contributed by atoms with Gasteiger partial charge in [-0.2, -0.15) is 0 Å². The van der Waals surface area contributed by atoms with Crippen LogP contribution in [0.3, 0.4) is 0 Å². The quantitative estimate of drug-likeness (QED) is 0.833. The van der Waals surface area contributed by atoms with Crippen LogP contribution in [0.1, 0.15) is 31.4 Å². The molecule has 2 nitrogen and oxygen atoms in total. The van der Waals surface area contributed by atoms with Crippen LogP contribution in [0, 0.1) is 5.82 Å². The molecule has 0 fully saturated rings. The second-order valence-electron chi connectivity index (χ2n) is 3.64. The number of aliphatic hydroxyl groups excluding tert-OH is 1. The summed E-state index contributed by atoms with van der Waals surface area (Å²) in [5.74, 6) is -0.544. The fraction of sp³-hybridized carbons (Fsp3) is 0.455. The van der Waals surface area contributed by atoms with Gasteiger partial charge in [0.2, 0.25) is 0 Å². The Labute approximate surface area is 116 Å². The van der Waals surface area contributed by atoms with Gasteiger partial charge in [0.25, 0.3) is 0 Å². The van der Waals surface area contributed by atoms with Crippen molar-refractivity contribution in [2.45, 2.75) is 31.9 Å². The van der Waals surface area contributed by atoms with E-state index in [1.54, 1.807) is 0 Å². The minimum atomic E-state index is -0.855. The molecule has 0 spiro atoms. The Morgan fingerprint density at radius 3 is 2.53 bits per heavy atom. The standard InChI is InChI=1S/C11H14Cl2FNO.ClH/c1-2-3-8(16)11(15)9-7(14)5-4-6(12)10(9)13;/h4-5,8,11,16H,2-3,15H2,1H3;1H/t8-,11-;/m1./s1. The fourth-order valence-electron chi connectivity index (χ4n) is 1.52. The van der Waals surface area contributed by atoms with Crippen LogP contribution in [0.15, 0.2) is 12.1 Å². The van der Waals surface area contributed by atoms with Gasteiger partial charge in [0.15, 0.2) is 0 Å². The molecular weight excluding hydrogens is 287 g/mol. The van der Waals surface area contributed by atoms with Gasteiger partial charge in [-0.3, -0.25) is 0 Å². The second kappa shape index (κ2) is 7.39. The minimum Gasteiger partial charge on any atom is -0.391 e. The Hall–Kier alpha value is -0.0600. The molecule has 0 aromatic heterocycles. The van der Waals surface area contributed by atoms with Crippen molar-refractivity contribution >= 4 is 35.6 Å². The van der Waals surface area contributed by atoms with Gasteiger partial charge in [-0.05, 0) is 18.6 Å². The Balaban J connectivity index is 0.00000256. The zero-order chi connectivity index (χ0) is 12.3. The molecule has 98 valence electrons. The molecule has 0 amide bonds. The van der Waals surface area contributed by atoms with E-state index in [1.807, 2.05) is 6.92 Å². The highest BCUT2D eigenvalue weighted by Gasteiger charge is 2.23. The first-order valence-corrected chi connectivity index (χ1v) is 5.81. The normalized spacial score (nSPS) is 14.0. The number of aliphatic hydroxyl groups is 1. The third-order valence-corrected chi connectivity index (χ3v) is 3.23. The number of nitrogens with two attached hydrogens (primary N) is 1.